The highest BCUT2D eigenvalue weighted by Gasteiger charge is 2.29. The van der Waals surface area contributed by atoms with Crippen LogP contribution in [0.4, 0.5) is 42.1 Å². The molecular formula is C49H46BrF7N8O4. The third-order valence-electron chi connectivity index (χ3n) is 11.3. The van der Waals surface area contributed by atoms with Crippen LogP contribution in [0.2, 0.25) is 0 Å². The Hall–Kier alpha value is -6.83. The number of ether oxygens (including phenoxy) is 2. The van der Waals surface area contributed by atoms with Crippen LogP contribution in [0.25, 0.3) is 33.8 Å². The number of carbonyl (C=O) groups is 2. The summed E-state index contributed by atoms with van der Waals surface area (Å²) < 4.78 is 105. The molecule has 4 heterocycles. The van der Waals surface area contributed by atoms with Crippen molar-refractivity contribution in [2.75, 3.05) is 30.8 Å². The molecule has 0 bridgehead atoms. The van der Waals surface area contributed by atoms with Gasteiger partial charge in [0.2, 0.25) is 0 Å². The zero-order valence-electron chi connectivity index (χ0n) is 37.4. The van der Waals surface area contributed by atoms with E-state index < -0.39 is 31.0 Å². The highest BCUT2D eigenvalue weighted by Crippen LogP contribution is 2.35. The van der Waals surface area contributed by atoms with E-state index in [2.05, 4.69) is 47.2 Å². The van der Waals surface area contributed by atoms with Gasteiger partial charge in [0.25, 0.3) is 11.8 Å². The molecule has 2 aliphatic carbocycles. The molecule has 2 fully saturated rings. The van der Waals surface area contributed by atoms with Crippen LogP contribution in [0.15, 0.2) is 96.0 Å². The maximum absolute atomic E-state index is 14.6. The number of hydrogen-bond acceptors (Lipinski definition) is 8. The van der Waals surface area contributed by atoms with E-state index in [0.29, 0.717) is 44.0 Å². The summed E-state index contributed by atoms with van der Waals surface area (Å²) in [6, 6.07) is 18.7. The van der Waals surface area contributed by atoms with Crippen molar-refractivity contribution in [3.8, 4) is 39.8 Å². The first kappa shape index (κ1) is 48.6. The van der Waals surface area contributed by atoms with E-state index in [-0.39, 0.29) is 54.2 Å². The topological polar surface area (TPSA) is 135 Å². The van der Waals surface area contributed by atoms with Crippen LogP contribution in [0.5, 0.6) is 17.2 Å². The Kier molecular flexibility index (Phi) is 14.1. The number of pyridine rings is 2. The molecule has 362 valence electrons. The van der Waals surface area contributed by atoms with E-state index >= 15 is 0 Å². The number of nitrogens with one attached hydrogen (secondary N) is 4. The van der Waals surface area contributed by atoms with Crippen LogP contribution in [-0.2, 0) is 0 Å². The lowest BCUT2D eigenvalue weighted by molar-refractivity contribution is -0.132. The number of hydrogen-bond donors (Lipinski definition) is 4. The SMILES string of the molecule is COc1ccc(Oc2cc(NCCC(F)(F)F)c3ncc(-c4ccc(C(=O)NC5CC5)c(C)c4)n3c2)c(F)c1.Cc1cc(-c2cnc3c(NCCC(F)(F)F)cc(Br)cn23)ccc1C(=O)NC1CC1. The molecule has 20 heteroatoms. The number of alkyl halides is 6. The number of imidazole rings is 2. The van der Waals surface area contributed by atoms with Crippen molar-refractivity contribution in [1.29, 1.82) is 0 Å². The average Bonchev–Trinajstić information content (AvgIpc) is 4.20. The third kappa shape index (κ3) is 12.3. The predicted octanol–water partition coefficient (Wildman–Crippen LogP) is 11.8. The van der Waals surface area contributed by atoms with Crippen LogP contribution in [0, 0.1) is 19.7 Å². The van der Waals surface area contributed by atoms with Crippen molar-refractivity contribution in [3.05, 3.63) is 124 Å². The van der Waals surface area contributed by atoms with Crippen molar-refractivity contribution < 1.29 is 49.8 Å². The lowest BCUT2D eigenvalue weighted by Gasteiger charge is -2.14. The van der Waals surface area contributed by atoms with Crippen LogP contribution in [0.3, 0.4) is 0 Å². The molecule has 0 unspecified atom stereocenters. The number of methoxy groups -OCH3 is 1. The van der Waals surface area contributed by atoms with E-state index in [1.165, 1.54) is 31.4 Å². The van der Waals surface area contributed by atoms with E-state index in [0.717, 1.165) is 53.6 Å². The van der Waals surface area contributed by atoms with Gasteiger partial charge in [-0.3, -0.25) is 18.4 Å². The molecule has 12 nitrogen and oxygen atoms in total. The predicted molar refractivity (Wildman–Crippen MR) is 251 cm³/mol. The third-order valence-corrected chi connectivity index (χ3v) is 11.8. The molecule has 0 atom stereocenters. The normalized spacial score (nSPS) is 13.7. The number of benzene rings is 3. The van der Waals surface area contributed by atoms with E-state index in [9.17, 15) is 40.3 Å². The van der Waals surface area contributed by atoms with Gasteiger partial charge < -0.3 is 30.7 Å². The van der Waals surface area contributed by atoms with Gasteiger partial charge in [-0.2, -0.15) is 26.3 Å². The molecule has 0 saturated heterocycles. The smallest absolute Gasteiger partial charge is 0.390 e. The Bertz CT molecular complexity index is 3040. The number of halogens is 8. The largest absolute Gasteiger partial charge is 0.497 e. The molecule has 4 N–H and O–H groups in total. The summed E-state index contributed by atoms with van der Waals surface area (Å²) in [5, 5.41) is 11.6. The maximum atomic E-state index is 14.6. The Morgan fingerprint density at radius 2 is 1.17 bits per heavy atom. The van der Waals surface area contributed by atoms with E-state index in [1.54, 1.807) is 47.3 Å². The number of aryl methyl sites for hydroxylation is 2. The first-order valence-corrected chi connectivity index (χ1v) is 22.8. The Morgan fingerprint density at radius 3 is 1.62 bits per heavy atom. The van der Waals surface area contributed by atoms with Gasteiger partial charge in [0, 0.05) is 70.2 Å². The fourth-order valence-corrected chi connectivity index (χ4v) is 7.93. The molecule has 2 aliphatic rings. The van der Waals surface area contributed by atoms with Crippen molar-refractivity contribution in [2.24, 2.45) is 0 Å². The second-order valence-electron chi connectivity index (χ2n) is 16.9. The molecule has 4 aromatic heterocycles. The standard InChI is InChI=1S/C28H26F4N4O3.C21H20BrF3N4O/c1-16-11-17(3-7-21(16)27(37)35-18-4-5-18)24-14-34-26-23(33-10-9-28(30,31)32)13-20(15-36(24)26)39-25-8-6-19(38-2)12-22(25)29;1-12-8-13(2-5-16(12)20(30)28-15-3-4-15)18-10-27-19-17(9-14(22)11-29(18)19)26-7-6-21(23,24)25/h3,6-8,11-15,18,33H,4-5,9-10H2,1-2H3,(H,35,37);2,5,8-11,15,26H,3-4,6-7H2,1H3,(H,28,30). The van der Waals surface area contributed by atoms with Gasteiger partial charge >= 0.3 is 12.4 Å². The van der Waals surface area contributed by atoms with Crippen LogP contribution >= 0.6 is 15.9 Å². The van der Waals surface area contributed by atoms with Gasteiger partial charge in [-0.25, -0.2) is 14.4 Å². The van der Waals surface area contributed by atoms with Crippen molar-refractivity contribution >= 4 is 50.4 Å². The van der Waals surface area contributed by atoms with Gasteiger partial charge in [0.15, 0.2) is 22.9 Å². The lowest BCUT2D eigenvalue weighted by atomic mass is 10.0. The van der Waals surface area contributed by atoms with Crippen LogP contribution in [-0.4, -0.2) is 75.2 Å². The number of carbonyl (C=O) groups excluding carboxylic acids is 2. The monoisotopic (exact) mass is 1020 g/mol. The highest BCUT2D eigenvalue weighted by atomic mass is 79.9. The Labute approximate surface area is 399 Å². The lowest BCUT2D eigenvalue weighted by Crippen LogP contribution is -2.26. The maximum Gasteiger partial charge on any atom is 0.390 e. The van der Waals surface area contributed by atoms with Gasteiger partial charge in [-0.15, -0.1) is 0 Å². The molecule has 7 aromatic rings. The summed E-state index contributed by atoms with van der Waals surface area (Å²) in [6.45, 7) is 3.10. The quantitative estimate of drug-likeness (QED) is 0.0746. The summed E-state index contributed by atoms with van der Waals surface area (Å²) >= 11 is 3.42. The molecule has 9 rings (SSSR count). The second kappa shape index (κ2) is 20.0. The zero-order chi connectivity index (χ0) is 49.2. The van der Waals surface area contributed by atoms with Crippen molar-refractivity contribution in [2.45, 2.75) is 76.8 Å². The first-order valence-electron chi connectivity index (χ1n) is 22.0. The van der Waals surface area contributed by atoms with Crippen molar-refractivity contribution in [1.82, 2.24) is 29.4 Å². The molecule has 0 aliphatic heterocycles. The minimum Gasteiger partial charge on any atom is -0.497 e. The average molecular weight is 1020 g/mol. The molecule has 2 saturated carbocycles. The van der Waals surface area contributed by atoms with Crippen LogP contribution < -0.4 is 30.7 Å². The molecule has 2 amide bonds. The number of aromatic nitrogens is 4. The number of anilines is 2. The summed E-state index contributed by atoms with van der Waals surface area (Å²) in [5.41, 5.74) is 7.49. The minimum absolute atomic E-state index is 0.0708. The number of rotatable bonds is 15. The Morgan fingerprint density at radius 1 is 0.681 bits per heavy atom. The fraction of sp³-hybridized carbons (Fsp3) is 0.306. The van der Waals surface area contributed by atoms with Crippen molar-refractivity contribution in [3.63, 3.8) is 0 Å². The van der Waals surface area contributed by atoms with Gasteiger partial charge in [-0.05, 0) is 109 Å². The van der Waals surface area contributed by atoms with Gasteiger partial charge in [0.1, 0.15) is 11.5 Å². The number of nitrogens with zero attached hydrogens (tertiary/aromatic N) is 4. The molecule has 0 spiro atoms. The van der Waals surface area contributed by atoms with Crippen LogP contribution in [0.1, 0.15) is 70.4 Å². The fourth-order valence-electron chi connectivity index (χ4n) is 7.49. The van der Waals surface area contributed by atoms with E-state index in [4.69, 9.17) is 9.47 Å². The molecule has 69 heavy (non-hydrogen) atoms. The molecule has 3 aromatic carbocycles. The Balaban J connectivity index is 0.000000192. The molecular weight excluding hydrogens is 977 g/mol. The highest BCUT2D eigenvalue weighted by molar-refractivity contribution is 9.10. The van der Waals surface area contributed by atoms with E-state index in [1.807, 2.05) is 42.6 Å². The number of amides is 2. The zero-order valence-corrected chi connectivity index (χ0v) is 39.0. The summed E-state index contributed by atoms with van der Waals surface area (Å²) in [5.74, 6) is -0.460. The summed E-state index contributed by atoms with van der Waals surface area (Å²) in [6.07, 6.45) is 0.139. The second-order valence-corrected chi connectivity index (χ2v) is 17.8. The summed E-state index contributed by atoms with van der Waals surface area (Å²) in [7, 11) is 1.41. The molecule has 0 radical (unpaired) electrons. The minimum atomic E-state index is -4.34. The number of fused-ring (bicyclic) bond motifs is 2. The summed E-state index contributed by atoms with van der Waals surface area (Å²) in [4.78, 5) is 33.8. The first-order chi connectivity index (χ1) is 32.8. The van der Waals surface area contributed by atoms with Gasteiger partial charge in [-0.1, -0.05) is 12.1 Å². The van der Waals surface area contributed by atoms with Gasteiger partial charge in [0.05, 0.1) is 61.3 Å².